The van der Waals surface area contributed by atoms with E-state index in [-0.39, 0.29) is 5.75 Å². The summed E-state index contributed by atoms with van der Waals surface area (Å²) in [6, 6.07) is 3.41. The molecule has 4 nitrogen and oxygen atoms in total. The molecule has 1 aromatic heterocycles. The van der Waals surface area contributed by atoms with Gasteiger partial charge in [-0.05, 0) is 37.6 Å². The number of nitrogens with one attached hydrogen (secondary N) is 1. The highest BCUT2D eigenvalue weighted by Crippen LogP contribution is 2.23. The van der Waals surface area contributed by atoms with Crippen molar-refractivity contribution in [1.82, 2.24) is 10.3 Å². The monoisotopic (exact) mass is 207 g/mol. The fraction of sp³-hybridized carbons (Fsp3) is 0.545. The van der Waals surface area contributed by atoms with Gasteiger partial charge in [-0.15, -0.1) is 0 Å². The van der Waals surface area contributed by atoms with E-state index in [0.717, 1.165) is 19.6 Å². The Morgan fingerprint density at radius 2 is 2.53 bits per heavy atom. The molecule has 15 heavy (non-hydrogen) atoms. The first kappa shape index (κ1) is 10.2. The lowest BCUT2D eigenvalue weighted by Crippen LogP contribution is -2.27. The zero-order chi connectivity index (χ0) is 10.7. The molecule has 1 saturated heterocycles. The Hall–Kier alpha value is -1.29. The van der Waals surface area contributed by atoms with Gasteiger partial charge in [-0.2, -0.15) is 0 Å². The topological polar surface area (TPSA) is 48.4 Å². The van der Waals surface area contributed by atoms with Gasteiger partial charge in [0.2, 0.25) is 0 Å². The number of anilines is 1. The molecule has 1 unspecified atom stereocenters. The van der Waals surface area contributed by atoms with Gasteiger partial charge in [-0.1, -0.05) is 0 Å². The van der Waals surface area contributed by atoms with E-state index in [1.807, 2.05) is 11.9 Å². The second-order valence-corrected chi connectivity index (χ2v) is 4.09. The standard InChI is InChI=1S/C11H17N3O/c1-14(8-9-4-6-12-7-9)11-10(15)3-2-5-13-11/h2-3,5,9,12,15H,4,6-8H2,1H3. The number of rotatable bonds is 3. The molecule has 2 N–H and O–H groups in total. The third kappa shape index (κ3) is 2.39. The molecule has 0 bridgehead atoms. The van der Waals surface area contributed by atoms with E-state index in [1.54, 1.807) is 18.3 Å². The quantitative estimate of drug-likeness (QED) is 0.771. The summed E-state index contributed by atoms with van der Waals surface area (Å²) < 4.78 is 0. The molecular weight excluding hydrogens is 190 g/mol. The minimum atomic E-state index is 0.256. The predicted octanol–water partition coefficient (Wildman–Crippen LogP) is 0.833. The van der Waals surface area contributed by atoms with Crippen LogP contribution in [0.1, 0.15) is 6.42 Å². The molecule has 1 atom stereocenters. The normalized spacial score (nSPS) is 20.5. The molecule has 0 radical (unpaired) electrons. The van der Waals surface area contributed by atoms with Gasteiger partial charge in [0.25, 0.3) is 0 Å². The molecule has 1 fully saturated rings. The fourth-order valence-corrected chi connectivity index (χ4v) is 2.03. The van der Waals surface area contributed by atoms with E-state index in [4.69, 9.17) is 0 Å². The SMILES string of the molecule is CN(CC1CCNC1)c1ncccc1O. The molecule has 0 spiro atoms. The molecule has 1 aliphatic heterocycles. The van der Waals surface area contributed by atoms with Crippen molar-refractivity contribution >= 4 is 5.82 Å². The van der Waals surface area contributed by atoms with Crippen LogP contribution in [-0.4, -0.2) is 36.8 Å². The van der Waals surface area contributed by atoms with Gasteiger partial charge in [0.05, 0.1) is 0 Å². The fourth-order valence-electron chi connectivity index (χ4n) is 2.03. The first-order valence-electron chi connectivity index (χ1n) is 5.33. The van der Waals surface area contributed by atoms with Crippen LogP contribution >= 0.6 is 0 Å². The Bertz CT molecular complexity index is 323. The van der Waals surface area contributed by atoms with E-state index < -0.39 is 0 Å². The van der Waals surface area contributed by atoms with E-state index in [1.165, 1.54) is 6.42 Å². The van der Waals surface area contributed by atoms with Crippen LogP contribution in [0.15, 0.2) is 18.3 Å². The lowest BCUT2D eigenvalue weighted by Gasteiger charge is -2.22. The summed E-state index contributed by atoms with van der Waals surface area (Å²) in [5.41, 5.74) is 0. The molecule has 0 saturated carbocycles. The molecule has 0 aliphatic carbocycles. The van der Waals surface area contributed by atoms with Crippen LogP contribution in [0.2, 0.25) is 0 Å². The number of hydrogen-bond donors (Lipinski definition) is 2. The molecule has 4 heteroatoms. The Morgan fingerprint density at radius 3 is 3.20 bits per heavy atom. The largest absolute Gasteiger partial charge is 0.504 e. The predicted molar refractivity (Wildman–Crippen MR) is 60.1 cm³/mol. The highest BCUT2D eigenvalue weighted by Gasteiger charge is 2.18. The van der Waals surface area contributed by atoms with Gasteiger partial charge in [-0.3, -0.25) is 0 Å². The van der Waals surface area contributed by atoms with Crippen molar-refractivity contribution in [2.45, 2.75) is 6.42 Å². The lowest BCUT2D eigenvalue weighted by molar-refractivity contribution is 0.469. The van der Waals surface area contributed by atoms with E-state index in [9.17, 15) is 5.11 Å². The maximum Gasteiger partial charge on any atom is 0.170 e. The maximum atomic E-state index is 9.64. The number of aromatic nitrogens is 1. The highest BCUT2D eigenvalue weighted by atomic mass is 16.3. The van der Waals surface area contributed by atoms with Crippen molar-refractivity contribution < 1.29 is 5.11 Å². The van der Waals surface area contributed by atoms with Gasteiger partial charge in [0.1, 0.15) is 0 Å². The van der Waals surface area contributed by atoms with Gasteiger partial charge in [0.15, 0.2) is 11.6 Å². The first-order chi connectivity index (χ1) is 7.27. The molecule has 0 amide bonds. The van der Waals surface area contributed by atoms with Crippen molar-refractivity contribution in [1.29, 1.82) is 0 Å². The first-order valence-corrected chi connectivity index (χ1v) is 5.33. The van der Waals surface area contributed by atoms with Crippen molar-refractivity contribution in [3.05, 3.63) is 18.3 Å². The van der Waals surface area contributed by atoms with Crippen molar-refractivity contribution in [3.8, 4) is 5.75 Å². The number of pyridine rings is 1. The highest BCUT2D eigenvalue weighted by molar-refractivity contribution is 5.50. The molecule has 1 aliphatic rings. The smallest absolute Gasteiger partial charge is 0.170 e. The Balaban J connectivity index is 2.00. The lowest BCUT2D eigenvalue weighted by atomic mass is 10.1. The number of nitrogens with zero attached hydrogens (tertiary/aromatic N) is 2. The van der Waals surface area contributed by atoms with Crippen LogP contribution in [0, 0.1) is 5.92 Å². The van der Waals surface area contributed by atoms with Crippen LogP contribution in [0.4, 0.5) is 5.82 Å². The van der Waals surface area contributed by atoms with E-state index in [2.05, 4.69) is 10.3 Å². The van der Waals surface area contributed by atoms with Crippen LogP contribution in [0.25, 0.3) is 0 Å². The number of hydrogen-bond acceptors (Lipinski definition) is 4. The van der Waals surface area contributed by atoms with E-state index >= 15 is 0 Å². The van der Waals surface area contributed by atoms with Crippen LogP contribution in [0.3, 0.4) is 0 Å². The third-order valence-corrected chi connectivity index (χ3v) is 2.82. The minimum Gasteiger partial charge on any atom is -0.504 e. The molecular formula is C11H17N3O. The summed E-state index contributed by atoms with van der Waals surface area (Å²) in [5, 5.41) is 13.0. The van der Waals surface area contributed by atoms with Crippen molar-refractivity contribution in [2.24, 2.45) is 5.92 Å². The summed E-state index contributed by atoms with van der Waals surface area (Å²) in [6.07, 6.45) is 2.91. The molecule has 1 aromatic rings. The maximum absolute atomic E-state index is 9.64. The Labute approximate surface area is 89.9 Å². The Morgan fingerprint density at radius 1 is 1.67 bits per heavy atom. The molecule has 82 valence electrons. The molecule has 2 rings (SSSR count). The second-order valence-electron chi connectivity index (χ2n) is 4.09. The summed E-state index contributed by atoms with van der Waals surface area (Å²) in [5.74, 6) is 1.59. The van der Waals surface area contributed by atoms with Crippen LogP contribution in [-0.2, 0) is 0 Å². The van der Waals surface area contributed by atoms with Gasteiger partial charge in [0, 0.05) is 19.8 Å². The van der Waals surface area contributed by atoms with Crippen LogP contribution in [0.5, 0.6) is 5.75 Å². The summed E-state index contributed by atoms with van der Waals surface area (Å²) in [7, 11) is 1.97. The summed E-state index contributed by atoms with van der Waals surface area (Å²) >= 11 is 0. The summed E-state index contributed by atoms with van der Waals surface area (Å²) in [4.78, 5) is 6.20. The zero-order valence-corrected chi connectivity index (χ0v) is 8.98. The van der Waals surface area contributed by atoms with Gasteiger partial charge in [-0.25, -0.2) is 4.98 Å². The van der Waals surface area contributed by atoms with Crippen molar-refractivity contribution in [3.63, 3.8) is 0 Å². The number of aromatic hydroxyl groups is 1. The minimum absolute atomic E-state index is 0.256. The van der Waals surface area contributed by atoms with Crippen molar-refractivity contribution in [2.75, 3.05) is 31.6 Å². The second kappa shape index (κ2) is 4.49. The van der Waals surface area contributed by atoms with Gasteiger partial charge < -0.3 is 15.3 Å². The van der Waals surface area contributed by atoms with E-state index in [0.29, 0.717) is 11.7 Å². The average molecular weight is 207 g/mol. The van der Waals surface area contributed by atoms with Gasteiger partial charge >= 0.3 is 0 Å². The third-order valence-electron chi connectivity index (χ3n) is 2.82. The summed E-state index contributed by atoms with van der Waals surface area (Å²) in [6.45, 7) is 3.11. The average Bonchev–Trinajstić information content (AvgIpc) is 2.71. The molecule has 0 aromatic carbocycles. The Kier molecular flexibility index (Phi) is 3.06. The molecule has 2 heterocycles. The zero-order valence-electron chi connectivity index (χ0n) is 8.98. The van der Waals surface area contributed by atoms with Crippen LogP contribution < -0.4 is 10.2 Å².